The Hall–Kier alpha value is -0.680. The van der Waals surface area contributed by atoms with Crippen LogP contribution in [0.4, 0.5) is 0 Å². The molecule has 2 aliphatic rings. The van der Waals surface area contributed by atoms with Crippen LogP contribution in [0, 0.1) is 3.57 Å². The molecule has 1 saturated carbocycles. The minimum absolute atomic E-state index is 0.409. The molecule has 2 nitrogen and oxygen atoms in total. The number of benzene rings is 1. The van der Waals surface area contributed by atoms with Gasteiger partial charge in [-0.3, -0.25) is 0 Å². The summed E-state index contributed by atoms with van der Waals surface area (Å²) in [7, 11) is 0. The Balaban J connectivity index is 1.68. The van der Waals surface area contributed by atoms with Gasteiger partial charge in [0.15, 0.2) is 0 Å². The molecule has 1 aromatic heterocycles. The molecule has 0 saturated heterocycles. The highest BCUT2D eigenvalue weighted by atomic mass is 127. The monoisotopic (exact) mass is 410 g/mol. The van der Waals surface area contributed by atoms with Crippen LogP contribution >= 0.6 is 34.2 Å². The summed E-state index contributed by atoms with van der Waals surface area (Å²) in [6.45, 7) is 0. The first kappa shape index (κ1) is 13.9. The second kappa shape index (κ2) is 5.51. The number of hydrogen-bond acceptors (Lipinski definition) is 2. The van der Waals surface area contributed by atoms with Crippen molar-refractivity contribution in [1.82, 2.24) is 9.97 Å². The van der Waals surface area contributed by atoms with Crippen LogP contribution in [-0.2, 0) is 12.8 Å². The third-order valence-electron chi connectivity index (χ3n) is 4.53. The van der Waals surface area contributed by atoms with Crippen molar-refractivity contribution in [3.8, 4) is 0 Å². The van der Waals surface area contributed by atoms with Gasteiger partial charge < -0.3 is 0 Å². The Kier molecular flexibility index (Phi) is 3.66. The first-order chi connectivity index (χ1) is 10.2. The van der Waals surface area contributed by atoms with Gasteiger partial charge in [0.2, 0.25) is 0 Å². The Bertz CT molecular complexity index is 697. The Morgan fingerprint density at radius 3 is 2.52 bits per heavy atom. The van der Waals surface area contributed by atoms with Crippen molar-refractivity contribution < 1.29 is 0 Å². The molecular formula is C17H16ClIN2. The van der Waals surface area contributed by atoms with E-state index >= 15 is 0 Å². The fraction of sp³-hybridized carbons (Fsp3) is 0.412. The molecule has 0 aliphatic heterocycles. The summed E-state index contributed by atoms with van der Waals surface area (Å²) < 4.78 is 1.05. The predicted octanol–water partition coefficient (Wildman–Crippen LogP) is 4.88. The fourth-order valence-corrected chi connectivity index (χ4v) is 4.05. The summed E-state index contributed by atoms with van der Waals surface area (Å²) in [5.41, 5.74) is 4.11. The van der Waals surface area contributed by atoms with Gasteiger partial charge in [-0.1, -0.05) is 35.9 Å². The van der Waals surface area contributed by atoms with Gasteiger partial charge in [-0.2, -0.15) is 0 Å². The molecule has 2 aliphatic carbocycles. The zero-order valence-corrected chi connectivity index (χ0v) is 14.6. The zero-order chi connectivity index (χ0) is 14.4. The SMILES string of the molecule is Clc1nc(C2CCc3ccccc3C2)nc(C2CC2)c1I. The quantitative estimate of drug-likeness (QED) is 0.521. The maximum absolute atomic E-state index is 6.35. The van der Waals surface area contributed by atoms with Gasteiger partial charge >= 0.3 is 0 Å². The van der Waals surface area contributed by atoms with E-state index < -0.39 is 0 Å². The fourth-order valence-electron chi connectivity index (χ4n) is 3.18. The molecule has 1 fully saturated rings. The van der Waals surface area contributed by atoms with E-state index in [0.29, 0.717) is 17.0 Å². The van der Waals surface area contributed by atoms with Gasteiger partial charge in [0.25, 0.3) is 0 Å². The molecule has 108 valence electrons. The van der Waals surface area contributed by atoms with E-state index in [0.717, 1.165) is 28.7 Å². The van der Waals surface area contributed by atoms with Crippen molar-refractivity contribution in [2.45, 2.75) is 43.9 Å². The van der Waals surface area contributed by atoms with Crippen LogP contribution in [-0.4, -0.2) is 9.97 Å². The van der Waals surface area contributed by atoms with E-state index in [-0.39, 0.29) is 0 Å². The summed E-state index contributed by atoms with van der Waals surface area (Å²) in [6.07, 6.45) is 5.77. The highest BCUT2D eigenvalue weighted by Crippen LogP contribution is 2.43. The van der Waals surface area contributed by atoms with Crippen LogP contribution in [0.3, 0.4) is 0 Å². The molecule has 21 heavy (non-hydrogen) atoms. The molecule has 0 N–H and O–H groups in total. The summed E-state index contributed by atoms with van der Waals surface area (Å²) in [4.78, 5) is 9.48. The maximum Gasteiger partial charge on any atom is 0.146 e. The van der Waals surface area contributed by atoms with Crippen molar-refractivity contribution in [3.05, 3.63) is 55.6 Å². The zero-order valence-electron chi connectivity index (χ0n) is 11.6. The van der Waals surface area contributed by atoms with Gasteiger partial charge in [0.05, 0.1) is 9.26 Å². The lowest BCUT2D eigenvalue weighted by atomic mass is 9.83. The number of nitrogens with zero attached hydrogens (tertiary/aromatic N) is 2. The summed E-state index contributed by atoms with van der Waals surface area (Å²) in [5.74, 6) is 1.98. The van der Waals surface area contributed by atoms with Gasteiger partial charge in [0, 0.05) is 11.8 Å². The average molecular weight is 411 g/mol. The van der Waals surface area contributed by atoms with Crippen molar-refractivity contribution in [2.75, 3.05) is 0 Å². The molecule has 1 aromatic carbocycles. The minimum atomic E-state index is 0.409. The van der Waals surface area contributed by atoms with Crippen LogP contribution in [0.2, 0.25) is 5.15 Å². The van der Waals surface area contributed by atoms with Crippen molar-refractivity contribution in [3.63, 3.8) is 0 Å². The molecule has 1 atom stereocenters. The van der Waals surface area contributed by atoms with Crippen molar-refractivity contribution >= 4 is 34.2 Å². The molecule has 1 heterocycles. The van der Waals surface area contributed by atoms with Crippen molar-refractivity contribution in [2.24, 2.45) is 0 Å². The third-order valence-corrected chi connectivity index (χ3v) is 6.19. The molecule has 4 rings (SSSR count). The van der Waals surface area contributed by atoms with Crippen LogP contribution in [0.15, 0.2) is 24.3 Å². The van der Waals surface area contributed by atoms with Crippen LogP contribution in [0.1, 0.15) is 53.7 Å². The van der Waals surface area contributed by atoms with Gasteiger partial charge in [0.1, 0.15) is 11.0 Å². The molecule has 0 radical (unpaired) electrons. The van der Waals surface area contributed by atoms with Crippen LogP contribution < -0.4 is 0 Å². The average Bonchev–Trinajstić information content (AvgIpc) is 3.34. The first-order valence-corrected chi connectivity index (χ1v) is 8.97. The molecule has 0 spiro atoms. The number of halogens is 2. The molecule has 2 aromatic rings. The van der Waals surface area contributed by atoms with E-state index in [1.165, 1.54) is 29.7 Å². The molecule has 0 amide bonds. The summed E-state index contributed by atoms with van der Waals surface area (Å²) in [5, 5.41) is 0.640. The molecule has 4 heteroatoms. The number of aryl methyl sites for hydroxylation is 1. The Morgan fingerprint density at radius 1 is 1.00 bits per heavy atom. The minimum Gasteiger partial charge on any atom is -0.236 e. The molecule has 0 bridgehead atoms. The number of rotatable bonds is 2. The smallest absolute Gasteiger partial charge is 0.146 e. The van der Waals surface area contributed by atoms with Gasteiger partial charge in [-0.05, 0) is 65.8 Å². The van der Waals surface area contributed by atoms with E-state index in [9.17, 15) is 0 Å². The number of hydrogen-bond donors (Lipinski definition) is 0. The lowest BCUT2D eigenvalue weighted by molar-refractivity contribution is 0.551. The van der Waals surface area contributed by atoms with E-state index in [2.05, 4.69) is 51.8 Å². The van der Waals surface area contributed by atoms with E-state index in [1.54, 1.807) is 0 Å². The topological polar surface area (TPSA) is 25.8 Å². The highest BCUT2D eigenvalue weighted by molar-refractivity contribution is 14.1. The summed E-state index contributed by atoms with van der Waals surface area (Å²) >= 11 is 8.64. The van der Waals surface area contributed by atoms with Gasteiger partial charge in [-0.25, -0.2) is 9.97 Å². The second-order valence-electron chi connectivity index (χ2n) is 6.05. The third kappa shape index (κ3) is 2.70. The maximum atomic E-state index is 6.35. The van der Waals surface area contributed by atoms with Crippen molar-refractivity contribution in [1.29, 1.82) is 0 Å². The summed E-state index contributed by atoms with van der Waals surface area (Å²) in [6, 6.07) is 8.72. The van der Waals surface area contributed by atoms with Crippen LogP contribution in [0.5, 0.6) is 0 Å². The second-order valence-corrected chi connectivity index (χ2v) is 7.49. The first-order valence-electron chi connectivity index (χ1n) is 7.52. The standard InChI is InChI=1S/C17H16ClIN2/c18-16-14(19)15(11-6-7-11)20-17(21-16)13-8-5-10-3-1-2-4-12(10)9-13/h1-4,11,13H,5-9H2. The van der Waals surface area contributed by atoms with Crippen LogP contribution in [0.25, 0.3) is 0 Å². The highest BCUT2D eigenvalue weighted by Gasteiger charge is 2.31. The Labute approximate surface area is 143 Å². The lowest BCUT2D eigenvalue weighted by Gasteiger charge is -2.24. The van der Waals surface area contributed by atoms with Gasteiger partial charge in [-0.15, -0.1) is 0 Å². The molecule has 1 unspecified atom stereocenters. The van der Waals surface area contributed by atoms with E-state index in [1.807, 2.05) is 0 Å². The lowest BCUT2D eigenvalue weighted by Crippen LogP contribution is -2.16. The largest absolute Gasteiger partial charge is 0.236 e. The number of fused-ring (bicyclic) bond motifs is 1. The normalized spacial score (nSPS) is 21.1. The Morgan fingerprint density at radius 2 is 1.76 bits per heavy atom. The predicted molar refractivity (Wildman–Crippen MR) is 92.9 cm³/mol. The number of aromatic nitrogens is 2. The van der Waals surface area contributed by atoms with E-state index in [4.69, 9.17) is 16.6 Å². The molecular weight excluding hydrogens is 395 g/mol.